The Bertz CT molecular complexity index is 763. The zero-order chi connectivity index (χ0) is 14.8. The van der Waals surface area contributed by atoms with Crippen LogP contribution >= 0.6 is 0 Å². The first-order chi connectivity index (χ1) is 10.1. The smallest absolute Gasteiger partial charge is 0.212 e. The molecule has 0 saturated carbocycles. The van der Waals surface area contributed by atoms with Gasteiger partial charge in [0.25, 0.3) is 0 Å². The van der Waals surface area contributed by atoms with E-state index in [2.05, 4.69) is 10.3 Å². The zero-order valence-electron chi connectivity index (χ0n) is 12.0. The van der Waals surface area contributed by atoms with E-state index in [1.807, 2.05) is 54.9 Å². The maximum absolute atomic E-state index is 13.3. The summed E-state index contributed by atoms with van der Waals surface area (Å²) in [5.41, 5.74) is 3.64. The van der Waals surface area contributed by atoms with E-state index in [1.165, 1.54) is 12.1 Å². The fourth-order valence-corrected chi connectivity index (χ4v) is 2.31. The van der Waals surface area contributed by atoms with Crippen molar-refractivity contribution in [1.29, 1.82) is 0 Å². The van der Waals surface area contributed by atoms with Gasteiger partial charge >= 0.3 is 0 Å². The molecular weight excluding hydrogens is 265 g/mol. The second-order valence-corrected chi connectivity index (χ2v) is 5.00. The predicted molar refractivity (Wildman–Crippen MR) is 82.7 cm³/mol. The predicted octanol–water partition coefficient (Wildman–Crippen LogP) is 4.37. The molecule has 4 heteroatoms. The average molecular weight is 281 g/mol. The van der Waals surface area contributed by atoms with Gasteiger partial charge in [-0.3, -0.25) is 4.57 Å². The fraction of sp³-hybridized carbons (Fsp3) is 0.118. The summed E-state index contributed by atoms with van der Waals surface area (Å²) in [4.78, 5) is 4.50. The third kappa shape index (κ3) is 2.79. The Hall–Kier alpha value is -2.62. The Morgan fingerprint density at radius 2 is 1.81 bits per heavy atom. The first-order valence-corrected chi connectivity index (χ1v) is 6.78. The third-order valence-corrected chi connectivity index (χ3v) is 3.27. The highest BCUT2D eigenvalue weighted by molar-refractivity contribution is 5.57. The monoisotopic (exact) mass is 281 g/mol. The molecule has 3 rings (SSSR count). The van der Waals surface area contributed by atoms with Gasteiger partial charge in [0.05, 0.1) is 11.4 Å². The molecule has 0 radical (unpaired) electrons. The maximum Gasteiger partial charge on any atom is 0.212 e. The minimum Gasteiger partial charge on any atom is -0.325 e. The molecule has 106 valence electrons. The van der Waals surface area contributed by atoms with Crippen LogP contribution in [0.25, 0.3) is 5.69 Å². The Kier molecular flexibility index (Phi) is 3.44. The Morgan fingerprint density at radius 1 is 1.05 bits per heavy atom. The molecule has 0 bridgehead atoms. The van der Waals surface area contributed by atoms with E-state index >= 15 is 0 Å². The van der Waals surface area contributed by atoms with Crippen LogP contribution in [0.4, 0.5) is 16.0 Å². The topological polar surface area (TPSA) is 29.9 Å². The third-order valence-electron chi connectivity index (χ3n) is 3.27. The molecule has 0 atom stereocenters. The second-order valence-electron chi connectivity index (χ2n) is 5.00. The lowest BCUT2D eigenvalue weighted by molar-refractivity contribution is 0.626. The molecule has 21 heavy (non-hydrogen) atoms. The molecule has 0 unspecified atom stereocenters. The summed E-state index contributed by atoms with van der Waals surface area (Å²) in [6.07, 6.45) is 1.94. The molecule has 0 saturated heterocycles. The van der Waals surface area contributed by atoms with Gasteiger partial charge < -0.3 is 5.32 Å². The fourth-order valence-electron chi connectivity index (χ4n) is 2.31. The number of benzene rings is 2. The zero-order valence-corrected chi connectivity index (χ0v) is 12.0. The minimum absolute atomic E-state index is 0.231. The number of para-hydroxylation sites is 1. The molecule has 0 spiro atoms. The summed E-state index contributed by atoms with van der Waals surface area (Å²) in [7, 11) is 0. The van der Waals surface area contributed by atoms with Crippen LogP contribution in [0, 0.1) is 19.7 Å². The summed E-state index contributed by atoms with van der Waals surface area (Å²) in [5.74, 6) is 0.485. The van der Waals surface area contributed by atoms with Crippen LogP contribution in [0.1, 0.15) is 11.3 Å². The van der Waals surface area contributed by atoms with E-state index in [1.54, 1.807) is 6.07 Å². The molecule has 1 heterocycles. The average Bonchev–Trinajstić information content (AvgIpc) is 2.80. The van der Waals surface area contributed by atoms with Crippen LogP contribution in [-0.4, -0.2) is 9.55 Å². The van der Waals surface area contributed by atoms with E-state index in [9.17, 15) is 4.39 Å². The number of hydrogen-bond donors (Lipinski definition) is 1. The van der Waals surface area contributed by atoms with Crippen molar-refractivity contribution >= 4 is 11.6 Å². The lowest BCUT2D eigenvalue weighted by atomic mass is 10.2. The summed E-state index contributed by atoms with van der Waals surface area (Å²) < 4.78 is 15.2. The van der Waals surface area contributed by atoms with Crippen LogP contribution < -0.4 is 5.32 Å². The van der Waals surface area contributed by atoms with Crippen molar-refractivity contribution in [3.8, 4) is 5.69 Å². The number of halogens is 1. The number of nitrogens with one attached hydrogen (secondary N) is 1. The molecule has 1 N–H and O–H groups in total. The summed E-state index contributed by atoms with van der Waals surface area (Å²) in [6.45, 7) is 3.82. The van der Waals surface area contributed by atoms with Crippen LogP contribution in [-0.2, 0) is 0 Å². The van der Waals surface area contributed by atoms with Gasteiger partial charge in [-0.1, -0.05) is 18.2 Å². The van der Waals surface area contributed by atoms with Gasteiger partial charge in [-0.25, -0.2) is 9.37 Å². The van der Waals surface area contributed by atoms with E-state index in [0.717, 1.165) is 22.6 Å². The molecule has 0 amide bonds. The SMILES string of the molecule is Cc1cn(-c2ccc(F)cc2C)c(Nc2ccccc2)n1. The van der Waals surface area contributed by atoms with Crippen molar-refractivity contribution in [3.05, 3.63) is 71.8 Å². The van der Waals surface area contributed by atoms with Gasteiger partial charge in [0, 0.05) is 11.9 Å². The van der Waals surface area contributed by atoms with Crippen molar-refractivity contribution in [2.45, 2.75) is 13.8 Å². The largest absolute Gasteiger partial charge is 0.325 e. The van der Waals surface area contributed by atoms with Crippen LogP contribution in [0.15, 0.2) is 54.7 Å². The minimum atomic E-state index is -0.231. The number of rotatable bonds is 3. The van der Waals surface area contributed by atoms with Crippen molar-refractivity contribution in [2.24, 2.45) is 0 Å². The summed E-state index contributed by atoms with van der Waals surface area (Å²) >= 11 is 0. The number of imidazole rings is 1. The summed E-state index contributed by atoms with van der Waals surface area (Å²) in [5, 5.41) is 3.29. The first-order valence-electron chi connectivity index (χ1n) is 6.78. The molecule has 3 nitrogen and oxygen atoms in total. The van der Waals surface area contributed by atoms with Crippen LogP contribution in [0.2, 0.25) is 0 Å². The van der Waals surface area contributed by atoms with Crippen molar-refractivity contribution < 1.29 is 4.39 Å². The number of aromatic nitrogens is 2. The van der Waals surface area contributed by atoms with Gasteiger partial charge in [-0.05, 0) is 49.7 Å². The Balaban J connectivity index is 2.03. The molecule has 0 aliphatic rings. The standard InChI is InChI=1S/C17H16FN3/c1-12-10-14(18)8-9-16(12)21-11-13(2)19-17(21)20-15-6-4-3-5-7-15/h3-11H,1-2H3,(H,19,20). The number of nitrogens with zero attached hydrogens (tertiary/aromatic N) is 2. The van der Waals surface area contributed by atoms with Crippen molar-refractivity contribution in [3.63, 3.8) is 0 Å². The van der Waals surface area contributed by atoms with Gasteiger partial charge in [0.2, 0.25) is 5.95 Å². The summed E-state index contributed by atoms with van der Waals surface area (Å²) in [6, 6.07) is 14.6. The molecule has 1 aromatic heterocycles. The van der Waals surface area contributed by atoms with Crippen LogP contribution in [0.3, 0.4) is 0 Å². The molecular formula is C17H16FN3. The normalized spacial score (nSPS) is 10.6. The number of aryl methyl sites for hydroxylation is 2. The van der Waals surface area contributed by atoms with Gasteiger partial charge in [0.15, 0.2) is 0 Å². The highest BCUT2D eigenvalue weighted by Gasteiger charge is 2.10. The number of hydrogen-bond acceptors (Lipinski definition) is 2. The van der Waals surface area contributed by atoms with Crippen molar-refractivity contribution in [1.82, 2.24) is 9.55 Å². The molecule has 0 aliphatic heterocycles. The second kappa shape index (κ2) is 5.40. The Labute approximate surface area is 123 Å². The highest BCUT2D eigenvalue weighted by Crippen LogP contribution is 2.23. The lowest BCUT2D eigenvalue weighted by Gasteiger charge is -2.12. The molecule has 3 aromatic rings. The van der Waals surface area contributed by atoms with Gasteiger partial charge in [0.1, 0.15) is 5.82 Å². The molecule has 0 fully saturated rings. The van der Waals surface area contributed by atoms with E-state index in [4.69, 9.17) is 0 Å². The van der Waals surface area contributed by atoms with Gasteiger partial charge in [-0.2, -0.15) is 0 Å². The quantitative estimate of drug-likeness (QED) is 0.772. The maximum atomic E-state index is 13.3. The Morgan fingerprint density at radius 3 is 2.52 bits per heavy atom. The lowest BCUT2D eigenvalue weighted by Crippen LogP contribution is -2.02. The van der Waals surface area contributed by atoms with Crippen molar-refractivity contribution in [2.75, 3.05) is 5.32 Å². The molecule has 0 aliphatic carbocycles. The van der Waals surface area contributed by atoms with E-state index < -0.39 is 0 Å². The van der Waals surface area contributed by atoms with E-state index in [0.29, 0.717) is 5.95 Å². The first kappa shape index (κ1) is 13.4. The van der Waals surface area contributed by atoms with Crippen LogP contribution in [0.5, 0.6) is 0 Å². The highest BCUT2D eigenvalue weighted by atomic mass is 19.1. The number of anilines is 2. The van der Waals surface area contributed by atoms with E-state index in [-0.39, 0.29) is 5.82 Å². The van der Waals surface area contributed by atoms with Gasteiger partial charge in [-0.15, -0.1) is 0 Å². The molecule has 2 aromatic carbocycles.